The van der Waals surface area contributed by atoms with E-state index in [1.165, 1.54) is 12.8 Å². The summed E-state index contributed by atoms with van der Waals surface area (Å²) in [6, 6.07) is 0.368. The minimum atomic E-state index is 0.368. The first-order chi connectivity index (χ1) is 5.33. The maximum Gasteiger partial charge on any atom is 0.0175 e. The van der Waals surface area contributed by atoms with Crippen molar-refractivity contribution in [3.63, 3.8) is 0 Å². The quantitative estimate of drug-likeness (QED) is 0.681. The number of piperidine rings is 1. The Balaban J connectivity index is 2.22. The molecule has 1 saturated heterocycles. The normalized spacial score (nSPS) is 28.0. The first-order valence-corrected chi connectivity index (χ1v) is 4.49. The van der Waals surface area contributed by atoms with Gasteiger partial charge in [-0.25, -0.2) is 0 Å². The molecule has 1 heterocycles. The van der Waals surface area contributed by atoms with Gasteiger partial charge in [0.15, 0.2) is 0 Å². The van der Waals surface area contributed by atoms with Crippen molar-refractivity contribution in [2.45, 2.75) is 18.9 Å². The predicted molar refractivity (Wildman–Crippen MR) is 48.6 cm³/mol. The summed E-state index contributed by atoms with van der Waals surface area (Å²) in [5.74, 6) is 0. The lowest BCUT2D eigenvalue weighted by molar-refractivity contribution is 0.229. The maximum absolute atomic E-state index is 5.80. The number of nitrogens with zero attached hydrogens (tertiary/aromatic N) is 1. The molecule has 0 spiro atoms. The van der Waals surface area contributed by atoms with Gasteiger partial charge in [-0.2, -0.15) is 0 Å². The second-order valence-corrected chi connectivity index (χ2v) is 3.28. The average Bonchev–Trinajstić information content (AvgIpc) is 2.01. The number of hydrogen-bond acceptors (Lipinski definition) is 2. The van der Waals surface area contributed by atoms with Crippen molar-refractivity contribution < 1.29 is 0 Å². The summed E-state index contributed by atoms with van der Waals surface area (Å²) < 4.78 is 0. The third-order valence-corrected chi connectivity index (χ3v) is 2.17. The second-order valence-electron chi connectivity index (χ2n) is 3.02. The molecule has 0 bridgehead atoms. The van der Waals surface area contributed by atoms with Crippen LogP contribution in [0, 0.1) is 0 Å². The summed E-state index contributed by atoms with van der Waals surface area (Å²) >= 11 is 5.42. The van der Waals surface area contributed by atoms with E-state index in [2.05, 4.69) is 4.90 Å². The van der Waals surface area contributed by atoms with E-state index >= 15 is 0 Å². The van der Waals surface area contributed by atoms with Crippen LogP contribution in [0.3, 0.4) is 0 Å². The maximum atomic E-state index is 5.80. The van der Waals surface area contributed by atoms with Gasteiger partial charge in [-0.05, 0) is 19.4 Å². The van der Waals surface area contributed by atoms with Crippen LogP contribution >= 0.6 is 11.6 Å². The SMILES string of the molecule is NC1CCCN(CC=CCl)C1. The van der Waals surface area contributed by atoms with Crippen LogP contribution in [0.5, 0.6) is 0 Å². The van der Waals surface area contributed by atoms with Gasteiger partial charge in [-0.15, -0.1) is 0 Å². The van der Waals surface area contributed by atoms with Crippen molar-refractivity contribution in [3.8, 4) is 0 Å². The number of rotatable bonds is 2. The summed E-state index contributed by atoms with van der Waals surface area (Å²) in [4.78, 5) is 2.33. The first-order valence-electron chi connectivity index (χ1n) is 4.06. The lowest BCUT2D eigenvalue weighted by Crippen LogP contribution is -2.42. The molecule has 11 heavy (non-hydrogen) atoms. The van der Waals surface area contributed by atoms with Gasteiger partial charge in [0.05, 0.1) is 0 Å². The van der Waals surface area contributed by atoms with Gasteiger partial charge < -0.3 is 5.73 Å². The van der Waals surface area contributed by atoms with Gasteiger partial charge in [0.2, 0.25) is 0 Å². The highest BCUT2D eigenvalue weighted by atomic mass is 35.5. The third-order valence-electron chi connectivity index (χ3n) is 1.99. The Kier molecular flexibility index (Phi) is 3.91. The molecule has 0 aromatic carbocycles. The highest BCUT2D eigenvalue weighted by Gasteiger charge is 2.14. The Labute approximate surface area is 73.0 Å². The number of halogens is 1. The molecule has 0 amide bonds. The Morgan fingerprint density at radius 3 is 3.09 bits per heavy atom. The minimum Gasteiger partial charge on any atom is -0.327 e. The van der Waals surface area contributed by atoms with Gasteiger partial charge >= 0.3 is 0 Å². The summed E-state index contributed by atoms with van der Waals surface area (Å²) in [5.41, 5.74) is 7.37. The molecule has 0 saturated carbocycles. The molecule has 1 atom stereocenters. The molecule has 64 valence electrons. The van der Waals surface area contributed by atoms with Crippen molar-refractivity contribution in [1.82, 2.24) is 4.90 Å². The molecule has 2 N–H and O–H groups in total. The summed E-state index contributed by atoms with van der Waals surface area (Å²) in [6.45, 7) is 3.12. The topological polar surface area (TPSA) is 29.3 Å². The zero-order chi connectivity index (χ0) is 8.10. The van der Waals surface area contributed by atoms with Crippen molar-refractivity contribution >= 4 is 11.6 Å². The van der Waals surface area contributed by atoms with Gasteiger partial charge in [0, 0.05) is 24.7 Å². The molecule has 1 aliphatic heterocycles. The van der Waals surface area contributed by atoms with Crippen LogP contribution in [-0.2, 0) is 0 Å². The Morgan fingerprint density at radius 2 is 2.45 bits per heavy atom. The van der Waals surface area contributed by atoms with Crippen LogP contribution in [-0.4, -0.2) is 30.6 Å². The fourth-order valence-corrected chi connectivity index (χ4v) is 1.53. The van der Waals surface area contributed by atoms with E-state index in [4.69, 9.17) is 17.3 Å². The van der Waals surface area contributed by atoms with E-state index in [1.807, 2.05) is 6.08 Å². The van der Waals surface area contributed by atoms with Crippen LogP contribution in [0.1, 0.15) is 12.8 Å². The molecular formula is C8H15ClN2. The minimum absolute atomic E-state index is 0.368. The van der Waals surface area contributed by atoms with Crippen LogP contribution in [0.15, 0.2) is 11.6 Å². The predicted octanol–water partition coefficient (Wildman–Crippen LogP) is 1.16. The van der Waals surface area contributed by atoms with Crippen molar-refractivity contribution in [2.75, 3.05) is 19.6 Å². The molecule has 0 radical (unpaired) electrons. The van der Waals surface area contributed by atoms with E-state index in [1.54, 1.807) is 5.54 Å². The standard InChI is InChI=1S/C8H15ClN2/c9-4-2-6-11-5-1-3-8(10)7-11/h2,4,8H,1,3,5-7,10H2. The summed E-state index contributed by atoms with van der Waals surface area (Å²) in [6.07, 6.45) is 4.35. The lowest BCUT2D eigenvalue weighted by atomic mass is 10.1. The molecule has 1 unspecified atom stereocenters. The molecule has 0 aromatic rings. The number of nitrogens with two attached hydrogens (primary N) is 1. The van der Waals surface area contributed by atoms with Crippen LogP contribution in [0.4, 0.5) is 0 Å². The van der Waals surface area contributed by atoms with Gasteiger partial charge in [-0.1, -0.05) is 17.7 Å². The molecule has 0 aliphatic carbocycles. The zero-order valence-electron chi connectivity index (χ0n) is 6.67. The van der Waals surface area contributed by atoms with Crippen LogP contribution in [0.25, 0.3) is 0 Å². The van der Waals surface area contributed by atoms with Crippen molar-refractivity contribution in [2.24, 2.45) is 5.73 Å². The third kappa shape index (κ3) is 3.23. The van der Waals surface area contributed by atoms with Crippen molar-refractivity contribution in [1.29, 1.82) is 0 Å². The molecule has 1 fully saturated rings. The molecule has 2 nitrogen and oxygen atoms in total. The van der Waals surface area contributed by atoms with Gasteiger partial charge in [-0.3, -0.25) is 4.90 Å². The largest absolute Gasteiger partial charge is 0.327 e. The number of likely N-dealkylation sites (tertiary alicyclic amines) is 1. The molecule has 1 rings (SSSR count). The Hall–Kier alpha value is -0.0500. The molecule has 0 aromatic heterocycles. The zero-order valence-corrected chi connectivity index (χ0v) is 7.43. The molecule has 3 heteroatoms. The monoisotopic (exact) mass is 174 g/mol. The lowest BCUT2D eigenvalue weighted by Gasteiger charge is -2.29. The van der Waals surface area contributed by atoms with Crippen LogP contribution in [0.2, 0.25) is 0 Å². The Bertz CT molecular complexity index is 136. The second kappa shape index (κ2) is 4.75. The van der Waals surface area contributed by atoms with Gasteiger partial charge in [0.25, 0.3) is 0 Å². The average molecular weight is 175 g/mol. The van der Waals surface area contributed by atoms with Crippen molar-refractivity contribution in [3.05, 3.63) is 11.6 Å². The fraction of sp³-hybridized carbons (Fsp3) is 0.750. The van der Waals surface area contributed by atoms with E-state index in [0.717, 1.165) is 19.6 Å². The molecular weight excluding hydrogens is 160 g/mol. The highest BCUT2D eigenvalue weighted by molar-refractivity contribution is 6.25. The van der Waals surface area contributed by atoms with E-state index in [9.17, 15) is 0 Å². The summed E-state index contributed by atoms with van der Waals surface area (Å²) in [5, 5.41) is 0. The Morgan fingerprint density at radius 1 is 1.64 bits per heavy atom. The smallest absolute Gasteiger partial charge is 0.0175 e. The first kappa shape index (κ1) is 9.04. The summed E-state index contributed by atoms with van der Waals surface area (Å²) in [7, 11) is 0. The van der Waals surface area contributed by atoms with E-state index in [0.29, 0.717) is 6.04 Å². The fourth-order valence-electron chi connectivity index (χ4n) is 1.45. The highest BCUT2D eigenvalue weighted by Crippen LogP contribution is 2.07. The van der Waals surface area contributed by atoms with E-state index in [-0.39, 0.29) is 0 Å². The van der Waals surface area contributed by atoms with Gasteiger partial charge in [0.1, 0.15) is 0 Å². The van der Waals surface area contributed by atoms with Crippen LogP contribution < -0.4 is 5.73 Å². The van der Waals surface area contributed by atoms with E-state index < -0.39 is 0 Å². The molecule has 1 aliphatic rings. The number of hydrogen-bond donors (Lipinski definition) is 1.